The SMILES string of the molecule is NC(=O)CC[C@H](NC(=O)CSC1CCS(=O)(=O)C1)C(=O)O. The number of rotatable bonds is 8. The van der Waals surface area contributed by atoms with E-state index >= 15 is 0 Å². The normalized spacial score (nSPS) is 21.6. The molecule has 0 radical (unpaired) electrons. The maximum absolute atomic E-state index is 11.7. The molecule has 8 nitrogen and oxygen atoms in total. The molecular formula is C11H18N2O6S2. The molecule has 0 spiro atoms. The molecule has 0 aromatic rings. The predicted octanol–water partition coefficient (Wildman–Crippen LogP) is -1.26. The topological polar surface area (TPSA) is 144 Å². The Hall–Kier alpha value is -1.29. The summed E-state index contributed by atoms with van der Waals surface area (Å²) in [6.45, 7) is 0. The van der Waals surface area contributed by atoms with Crippen LogP contribution < -0.4 is 11.1 Å². The molecule has 1 saturated heterocycles. The van der Waals surface area contributed by atoms with Crippen molar-refractivity contribution < 1.29 is 27.9 Å². The molecule has 0 saturated carbocycles. The van der Waals surface area contributed by atoms with Gasteiger partial charge in [0, 0.05) is 11.7 Å². The number of carbonyl (C=O) groups excluding carboxylic acids is 2. The lowest BCUT2D eigenvalue weighted by molar-refractivity contribution is -0.141. The zero-order chi connectivity index (χ0) is 16.0. The molecule has 2 atom stereocenters. The molecule has 0 bridgehead atoms. The summed E-state index contributed by atoms with van der Waals surface area (Å²) >= 11 is 1.20. The summed E-state index contributed by atoms with van der Waals surface area (Å²) in [6, 6.07) is -1.17. The lowest BCUT2D eigenvalue weighted by atomic mass is 10.1. The smallest absolute Gasteiger partial charge is 0.326 e. The average molecular weight is 338 g/mol. The number of thioether (sulfide) groups is 1. The number of carbonyl (C=O) groups is 3. The molecule has 1 rings (SSSR count). The molecular weight excluding hydrogens is 320 g/mol. The van der Waals surface area contributed by atoms with Gasteiger partial charge in [0.2, 0.25) is 11.8 Å². The van der Waals surface area contributed by atoms with Crippen LogP contribution in [0.15, 0.2) is 0 Å². The van der Waals surface area contributed by atoms with Gasteiger partial charge in [-0.1, -0.05) is 0 Å². The Morgan fingerprint density at radius 3 is 2.52 bits per heavy atom. The van der Waals surface area contributed by atoms with E-state index in [2.05, 4.69) is 5.32 Å². The van der Waals surface area contributed by atoms with Crippen molar-refractivity contribution in [2.24, 2.45) is 5.73 Å². The van der Waals surface area contributed by atoms with Gasteiger partial charge in [0.25, 0.3) is 0 Å². The van der Waals surface area contributed by atoms with Gasteiger partial charge in [-0.05, 0) is 12.8 Å². The Balaban J connectivity index is 2.37. The van der Waals surface area contributed by atoms with E-state index in [1.807, 2.05) is 0 Å². The Labute approximate surface area is 126 Å². The summed E-state index contributed by atoms with van der Waals surface area (Å²) in [5.41, 5.74) is 4.93. The van der Waals surface area contributed by atoms with Crippen molar-refractivity contribution in [1.29, 1.82) is 0 Å². The van der Waals surface area contributed by atoms with Crippen LogP contribution in [-0.2, 0) is 24.2 Å². The fourth-order valence-corrected chi connectivity index (χ4v) is 5.32. The second kappa shape index (κ2) is 7.64. The van der Waals surface area contributed by atoms with Crippen molar-refractivity contribution in [2.45, 2.75) is 30.6 Å². The number of nitrogens with two attached hydrogens (primary N) is 1. The molecule has 1 unspecified atom stereocenters. The van der Waals surface area contributed by atoms with Gasteiger partial charge in [0.05, 0.1) is 17.3 Å². The summed E-state index contributed by atoms with van der Waals surface area (Å²) in [4.78, 5) is 33.2. The fraction of sp³-hybridized carbons (Fsp3) is 0.727. The Morgan fingerprint density at radius 2 is 2.05 bits per heavy atom. The highest BCUT2D eigenvalue weighted by molar-refractivity contribution is 8.02. The van der Waals surface area contributed by atoms with E-state index in [-0.39, 0.29) is 35.4 Å². The molecule has 0 aliphatic carbocycles. The summed E-state index contributed by atoms with van der Waals surface area (Å²) in [6.07, 6.45) is 0.300. The number of nitrogens with one attached hydrogen (secondary N) is 1. The van der Waals surface area contributed by atoms with Gasteiger partial charge in [-0.25, -0.2) is 13.2 Å². The molecule has 120 valence electrons. The molecule has 1 fully saturated rings. The van der Waals surface area contributed by atoms with Gasteiger partial charge < -0.3 is 16.2 Å². The third-order valence-electron chi connectivity index (χ3n) is 2.95. The lowest BCUT2D eigenvalue weighted by Crippen LogP contribution is -2.42. The highest BCUT2D eigenvalue weighted by atomic mass is 32.2. The minimum atomic E-state index is -3.00. The lowest BCUT2D eigenvalue weighted by Gasteiger charge is -2.14. The second-order valence-electron chi connectivity index (χ2n) is 4.80. The van der Waals surface area contributed by atoms with Crippen LogP contribution in [0.4, 0.5) is 0 Å². The molecule has 21 heavy (non-hydrogen) atoms. The van der Waals surface area contributed by atoms with Crippen LogP contribution in [0.25, 0.3) is 0 Å². The largest absolute Gasteiger partial charge is 0.480 e. The number of carboxylic acid groups (broad SMARTS) is 1. The highest BCUT2D eigenvalue weighted by Gasteiger charge is 2.29. The first-order chi connectivity index (χ1) is 9.69. The van der Waals surface area contributed by atoms with Crippen molar-refractivity contribution >= 4 is 39.4 Å². The highest BCUT2D eigenvalue weighted by Crippen LogP contribution is 2.23. The molecule has 4 N–H and O–H groups in total. The number of carboxylic acids is 1. The first-order valence-corrected chi connectivity index (χ1v) is 9.19. The first-order valence-electron chi connectivity index (χ1n) is 6.32. The number of sulfone groups is 1. The van der Waals surface area contributed by atoms with Crippen molar-refractivity contribution in [1.82, 2.24) is 5.32 Å². The van der Waals surface area contributed by atoms with E-state index < -0.39 is 33.7 Å². The zero-order valence-corrected chi connectivity index (χ0v) is 12.9. The number of primary amides is 1. The minimum Gasteiger partial charge on any atom is -0.480 e. The van der Waals surface area contributed by atoms with Gasteiger partial charge in [-0.15, -0.1) is 11.8 Å². The minimum absolute atomic E-state index is 0.0134. The third-order valence-corrected chi connectivity index (χ3v) is 6.24. The molecule has 0 aromatic carbocycles. The van der Waals surface area contributed by atoms with Crippen LogP contribution in [-0.4, -0.2) is 59.9 Å². The fourth-order valence-electron chi connectivity index (χ4n) is 1.87. The van der Waals surface area contributed by atoms with Crippen LogP contribution in [0.1, 0.15) is 19.3 Å². The number of hydrogen-bond donors (Lipinski definition) is 3. The maximum Gasteiger partial charge on any atom is 0.326 e. The van der Waals surface area contributed by atoms with Crippen molar-refractivity contribution in [3.05, 3.63) is 0 Å². The van der Waals surface area contributed by atoms with Crippen molar-refractivity contribution in [3.63, 3.8) is 0 Å². The van der Waals surface area contributed by atoms with Crippen LogP contribution in [0.3, 0.4) is 0 Å². The molecule has 10 heteroatoms. The van der Waals surface area contributed by atoms with Crippen molar-refractivity contribution in [2.75, 3.05) is 17.3 Å². The average Bonchev–Trinajstić information content (AvgIpc) is 2.71. The standard InChI is InChI=1S/C11H18N2O6S2/c12-9(14)2-1-8(11(16)17)13-10(15)5-20-7-3-4-21(18,19)6-7/h7-8H,1-6H2,(H2,12,14)(H,13,15)(H,16,17)/t7?,8-/m0/s1. The summed E-state index contributed by atoms with van der Waals surface area (Å²) in [5, 5.41) is 11.1. The van der Waals surface area contributed by atoms with Crippen LogP contribution in [0.2, 0.25) is 0 Å². The third kappa shape index (κ3) is 6.80. The summed E-state index contributed by atoms with van der Waals surface area (Å²) in [7, 11) is -3.00. The maximum atomic E-state index is 11.7. The zero-order valence-electron chi connectivity index (χ0n) is 11.3. The van der Waals surface area contributed by atoms with Gasteiger partial charge in [-0.3, -0.25) is 9.59 Å². The Morgan fingerprint density at radius 1 is 1.38 bits per heavy atom. The van der Waals surface area contributed by atoms with Gasteiger partial charge in [-0.2, -0.15) is 0 Å². The predicted molar refractivity (Wildman–Crippen MR) is 77.5 cm³/mol. The van der Waals surface area contributed by atoms with E-state index in [9.17, 15) is 22.8 Å². The van der Waals surface area contributed by atoms with E-state index in [1.165, 1.54) is 11.8 Å². The molecule has 2 amide bonds. The Kier molecular flexibility index (Phi) is 6.46. The van der Waals surface area contributed by atoms with Crippen LogP contribution in [0, 0.1) is 0 Å². The molecule has 0 aromatic heterocycles. The number of aliphatic carboxylic acids is 1. The van der Waals surface area contributed by atoms with Crippen LogP contribution >= 0.6 is 11.8 Å². The van der Waals surface area contributed by atoms with Crippen LogP contribution in [0.5, 0.6) is 0 Å². The number of amides is 2. The van der Waals surface area contributed by atoms with Gasteiger partial charge in [0.15, 0.2) is 9.84 Å². The van der Waals surface area contributed by atoms with Gasteiger partial charge in [0.1, 0.15) is 6.04 Å². The molecule has 1 aliphatic heterocycles. The monoisotopic (exact) mass is 338 g/mol. The first kappa shape index (κ1) is 17.8. The van der Waals surface area contributed by atoms with E-state index in [0.717, 1.165) is 0 Å². The van der Waals surface area contributed by atoms with E-state index in [4.69, 9.17) is 10.8 Å². The van der Waals surface area contributed by atoms with Gasteiger partial charge >= 0.3 is 5.97 Å². The summed E-state index contributed by atoms with van der Waals surface area (Å²) in [5.74, 6) is -2.21. The Bertz CT molecular complexity index is 519. The molecule has 1 heterocycles. The van der Waals surface area contributed by atoms with Crippen molar-refractivity contribution in [3.8, 4) is 0 Å². The van der Waals surface area contributed by atoms with E-state index in [0.29, 0.717) is 6.42 Å². The second-order valence-corrected chi connectivity index (χ2v) is 8.32. The van der Waals surface area contributed by atoms with E-state index in [1.54, 1.807) is 0 Å². The quantitative estimate of drug-likeness (QED) is 0.501. The number of hydrogen-bond acceptors (Lipinski definition) is 6. The summed E-state index contributed by atoms with van der Waals surface area (Å²) < 4.78 is 22.5. The molecule has 1 aliphatic rings.